The highest BCUT2D eigenvalue weighted by Gasteiger charge is 2.19. The Bertz CT molecular complexity index is 642. The molecule has 6 heteroatoms. The van der Waals surface area contributed by atoms with Gasteiger partial charge in [-0.3, -0.25) is 0 Å². The van der Waals surface area contributed by atoms with Gasteiger partial charge in [-0.1, -0.05) is 6.92 Å². The van der Waals surface area contributed by atoms with Gasteiger partial charge in [0.1, 0.15) is 11.9 Å². The SMILES string of the molecule is C#CCC(CC)NS(=O)(=O)c1ccc(F)c(C#N)c1. The molecule has 0 spiro atoms. The van der Waals surface area contributed by atoms with Crippen LogP contribution >= 0.6 is 0 Å². The molecule has 19 heavy (non-hydrogen) atoms. The topological polar surface area (TPSA) is 70.0 Å². The van der Waals surface area contributed by atoms with Gasteiger partial charge in [0.15, 0.2) is 0 Å². The zero-order valence-electron chi connectivity index (χ0n) is 10.4. The summed E-state index contributed by atoms with van der Waals surface area (Å²) in [5.41, 5.74) is -0.312. The molecule has 0 aliphatic carbocycles. The minimum atomic E-state index is -3.81. The smallest absolute Gasteiger partial charge is 0.207 e. The highest BCUT2D eigenvalue weighted by molar-refractivity contribution is 7.89. The van der Waals surface area contributed by atoms with Crippen molar-refractivity contribution in [2.24, 2.45) is 0 Å². The lowest BCUT2D eigenvalue weighted by Gasteiger charge is -2.14. The Kier molecular flexibility index (Phi) is 5.05. The summed E-state index contributed by atoms with van der Waals surface area (Å²) in [5, 5.41) is 8.69. The summed E-state index contributed by atoms with van der Waals surface area (Å²) in [6, 6.07) is 4.28. The molecule has 0 aliphatic heterocycles. The zero-order chi connectivity index (χ0) is 14.5. The molecule has 1 N–H and O–H groups in total. The van der Waals surface area contributed by atoms with Crippen LogP contribution in [0.25, 0.3) is 0 Å². The fraction of sp³-hybridized carbons (Fsp3) is 0.308. The number of sulfonamides is 1. The van der Waals surface area contributed by atoms with Gasteiger partial charge in [-0.2, -0.15) is 5.26 Å². The van der Waals surface area contributed by atoms with Gasteiger partial charge in [-0.05, 0) is 24.6 Å². The first-order valence-electron chi connectivity index (χ1n) is 5.60. The molecule has 1 unspecified atom stereocenters. The molecule has 0 bridgehead atoms. The van der Waals surface area contributed by atoms with Crippen LogP contribution in [0.1, 0.15) is 25.3 Å². The molecular weight excluding hydrogens is 267 g/mol. The second-order valence-corrected chi connectivity index (χ2v) is 5.60. The summed E-state index contributed by atoms with van der Waals surface area (Å²) in [5.74, 6) is 1.63. The lowest BCUT2D eigenvalue weighted by molar-refractivity contribution is 0.543. The van der Waals surface area contributed by atoms with E-state index in [4.69, 9.17) is 11.7 Å². The van der Waals surface area contributed by atoms with E-state index in [-0.39, 0.29) is 22.9 Å². The number of nitrogens with one attached hydrogen (secondary N) is 1. The summed E-state index contributed by atoms with van der Waals surface area (Å²) in [6.45, 7) is 1.80. The average Bonchev–Trinajstić information content (AvgIpc) is 2.38. The number of benzene rings is 1. The van der Waals surface area contributed by atoms with Gasteiger partial charge in [-0.25, -0.2) is 17.5 Å². The van der Waals surface area contributed by atoms with Gasteiger partial charge in [0, 0.05) is 12.5 Å². The molecule has 1 aromatic carbocycles. The largest absolute Gasteiger partial charge is 0.240 e. The van der Waals surface area contributed by atoms with E-state index in [1.807, 2.05) is 0 Å². The van der Waals surface area contributed by atoms with E-state index in [1.165, 1.54) is 0 Å². The van der Waals surface area contributed by atoms with E-state index in [1.54, 1.807) is 13.0 Å². The summed E-state index contributed by atoms with van der Waals surface area (Å²) in [6.07, 6.45) is 5.95. The van der Waals surface area contributed by atoms with Crippen molar-refractivity contribution < 1.29 is 12.8 Å². The van der Waals surface area contributed by atoms with Crippen molar-refractivity contribution in [3.63, 3.8) is 0 Å². The van der Waals surface area contributed by atoms with Crippen LogP contribution in [0.2, 0.25) is 0 Å². The molecule has 0 aromatic heterocycles. The molecular formula is C13H13FN2O2S. The Hall–Kier alpha value is -1.89. The lowest BCUT2D eigenvalue weighted by Crippen LogP contribution is -2.34. The maximum Gasteiger partial charge on any atom is 0.240 e. The third-order valence-electron chi connectivity index (χ3n) is 2.55. The van der Waals surface area contributed by atoms with Gasteiger partial charge in [-0.15, -0.1) is 12.3 Å². The molecule has 1 aromatic rings. The lowest BCUT2D eigenvalue weighted by atomic mass is 10.2. The van der Waals surface area contributed by atoms with Gasteiger partial charge in [0.25, 0.3) is 0 Å². The predicted molar refractivity (Wildman–Crippen MR) is 69.0 cm³/mol. The summed E-state index contributed by atoms with van der Waals surface area (Å²) >= 11 is 0. The Balaban J connectivity index is 3.08. The molecule has 0 fully saturated rings. The average molecular weight is 280 g/mol. The fourth-order valence-electron chi connectivity index (χ4n) is 1.46. The quantitative estimate of drug-likeness (QED) is 0.836. The minimum Gasteiger partial charge on any atom is -0.207 e. The third-order valence-corrected chi connectivity index (χ3v) is 4.07. The number of nitriles is 1. The molecule has 0 radical (unpaired) electrons. The number of rotatable bonds is 5. The van der Waals surface area contributed by atoms with Crippen LogP contribution in [0.5, 0.6) is 0 Å². The van der Waals surface area contributed by atoms with Crippen LogP contribution in [0, 0.1) is 29.5 Å². The molecule has 1 atom stereocenters. The van der Waals surface area contributed by atoms with Crippen LogP contribution in [0.15, 0.2) is 23.1 Å². The van der Waals surface area contributed by atoms with Crippen LogP contribution in [-0.2, 0) is 10.0 Å². The standard InChI is InChI=1S/C13H13FN2O2S/c1-3-5-11(4-2)16-19(17,18)12-6-7-13(14)10(8-12)9-15/h1,6-8,11,16H,4-5H2,2H3. The van der Waals surface area contributed by atoms with E-state index in [0.717, 1.165) is 18.2 Å². The number of hydrogen-bond donors (Lipinski definition) is 1. The van der Waals surface area contributed by atoms with Crippen molar-refractivity contribution in [1.29, 1.82) is 5.26 Å². The maximum absolute atomic E-state index is 13.1. The highest BCUT2D eigenvalue weighted by atomic mass is 32.2. The van der Waals surface area contributed by atoms with E-state index in [9.17, 15) is 12.8 Å². The van der Waals surface area contributed by atoms with Gasteiger partial charge >= 0.3 is 0 Å². The van der Waals surface area contributed by atoms with E-state index in [2.05, 4.69) is 10.6 Å². The first-order chi connectivity index (χ1) is 8.94. The zero-order valence-corrected chi connectivity index (χ0v) is 11.2. The Morgan fingerprint density at radius 3 is 2.74 bits per heavy atom. The summed E-state index contributed by atoms with van der Waals surface area (Å²) in [7, 11) is -3.81. The molecule has 0 amide bonds. The molecule has 4 nitrogen and oxygen atoms in total. The Morgan fingerprint density at radius 1 is 1.53 bits per heavy atom. The third kappa shape index (κ3) is 3.78. The first kappa shape index (κ1) is 15.2. The number of halogens is 1. The van der Waals surface area contributed by atoms with E-state index in [0.29, 0.717) is 6.42 Å². The summed E-state index contributed by atoms with van der Waals surface area (Å²) in [4.78, 5) is -0.152. The van der Waals surface area contributed by atoms with Gasteiger partial charge in [0.2, 0.25) is 10.0 Å². The fourth-order valence-corrected chi connectivity index (χ4v) is 2.80. The molecule has 0 aliphatic rings. The molecule has 0 saturated heterocycles. The van der Waals surface area contributed by atoms with E-state index >= 15 is 0 Å². The second-order valence-electron chi connectivity index (χ2n) is 3.89. The molecule has 100 valence electrons. The highest BCUT2D eigenvalue weighted by Crippen LogP contribution is 2.15. The Labute approximate surface area is 112 Å². The summed E-state index contributed by atoms with van der Waals surface area (Å²) < 4.78 is 39.7. The predicted octanol–water partition coefficient (Wildman–Crippen LogP) is 1.78. The molecule has 0 saturated carbocycles. The van der Waals surface area contributed by atoms with E-state index < -0.39 is 15.8 Å². The van der Waals surface area contributed by atoms with Gasteiger partial charge < -0.3 is 0 Å². The van der Waals surface area contributed by atoms with Crippen molar-refractivity contribution in [2.75, 3.05) is 0 Å². The molecule has 1 rings (SSSR count). The Morgan fingerprint density at radius 2 is 2.21 bits per heavy atom. The van der Waals surface area contributed by atoms with Crippen LogP contribution in [0.3, 0.4) is 0 Å². The van der Waals surface area contributed by atoms with Crippen LogP contribution in [-0.4, -0.2) is 14.5 Å². The number of nitrogens with zero attached hydrogens (tertiary/aromatic N) is 1. The normalized spacial score (nSPS) is 12.4. The van der Waals surface area contributed by atoms with Crippen molar-refractivity contribution >= 4 is 10.0 Å². The molecule has 0 heterocycles. The van der Waals surface area contributed by atoms with Crippen LogP contribution < -0.4 is 4.72 Å². The monoisotopic (exact) mass is 280 g/mol. The number of terminal acetylenes is 1. The second kappa shape index (κ2) is 6.33. The minimum absolute atomic E-state index is 0.152. The van der Waals surface area contributed by atoms with Crippen LogP contribution in [0.4, 0.5) is 4.39 Å². The van der Waals surface area contributed by atoms with Crippen molar-refractivity contribution in [2.45, 2.75) is 30.7 Å². The van der Waals surface area contributed by atoms with Crippen molar-refractivity contribution in [3.05, 3.63) is 29.6 Å². The van der Waals surface area contributed by atoms with Crippen molar-refractivity contribution in [1.82, 2.24) is 4.72 Å². The van der Waals surface area contributed by atoms with Crippen molar-refractivity contribution in [3.8, 4) is 18.4 Å². The maximum atomic E-state index is 13.1. The number of hydrogen-bond acceptors (Lipinski definition) is 3. The van der Waals surface area contributed by atoms with Gasteiger partial charge in [0.05, 0.1) is 10.5 Å². The first-order valence-corrected chi connectivity index (χ1v) is 7.08.